The SMILES string of the molecule is Cc1csc(CN2C[C@@H]3[C@H](CNC(=O)c4ccnn4C)CO[C@@H]3C2)n1. The zero-order valence-corrected chi connectivity index (χ0v) is 15.3. The first-order valence-electron chi connectivity index (χ1n) is 8.61. The van der Waals surface area contributed by atoms with Gasteiger partial charge in [0.1, 0.15) is 10.7 Å². The quantitative estimate of drug-likeness (QED) is 0.862. The van der Waals surface area contributed by atoms with Gasteiger partial charge in [-0.05, 0) is 13.0 Å². The molecule has 134 valence electrons. The number of aryl methyl sites for hydroxylation is 2. The first-order chi connectivity index (χ1) is 12.1. The second-order valence-corrected chi connectivity index (χ2v) is 7.87. The Kier molecular flexibility index (Phi) is 4.58. The van der Waals surface area contributed by atoms with E-state index in [1.165, 1.54) is 5.01 Å². The van der Waals surface area contributed by atoms with Crippen molar-refractivity contribution in [3.05, 3.63) is 34.0 Å². The third-order valence-electron chi connectivity index (χ3n) is 5.12. The van der Waals surface area contributed by atoms with Crippen LogP contribution in [0, 0.1) is 18.8 Å². The van der Waals surface area contributed by atoms with E-state index in [2.05, 4.69) is 25.7 Å². The molecule has 2 saturated heterocycles. The van der Waals surface area contributed by atoms with E-state index >= 15 is 0 Å². The van der Waals surface area contributed by atoms with Gasteiger partial charge in [0.15, 0.2) is 0 Å². The molecule has 0 unspecified atom stereocenters. The number of ether oxygens (including phenoxy) is 1. The molecule has 0 aliphatic carbocycles. The molecule has 2 aromatic heterocycles. The van der Waals surface area contributed by atoms with E-state index < -0.39 is 0 Å². The van der Waals surface area contributed by atoms with Crippen LogP contribution < -0.4 is 5.32 Å². The van der Waals surface area contributed by atoms with Crippen LogP contribution in [0.5, 0.6) is 0 Å². The third kappa shape index (κ3) is 3.47. The highest BCUT2D eigenvalue weighted by atomic mass is 32.1. The number of carbonyl (C=O) groups excluding carboxylic acids is 1. The lowest BCUT2D eigenvalue weighted by Gasteiger charge is -2.19. The summed E-state index contributed by atoms with van der Waals surface area (Å²) < 4.78 is 7.58. The molecule has 0 aromatic carbocycles. The lowest BCUT2D eigenvalue weighted by molar-refractivity contribution is 0.0898. The van der Waals surface area contributed by atoms with Gasteiger partial charge < -0.3 is 10.1 Å². The molecule has 2 aliphatic rings. The fraction of sp³-hybridized carbons (Fsp3) is 0.588. The number of nitrogens with one attached hydrogen (secondary N) is 1. The Morgan fingerprint density at radius 1 is 1.48 bits per heavy atom. The first kappa shape index (κ1) is 16.7. The van der Waals surface area contributed by atoms with E-state index in [9.17, 15) is 4.79 Å². The minimum Gasteiger partial charge on any atom is -0.376 e. The molecular weight excluding hydrogens is 338 g/mol. The number of rotatable bonds is 5. The molecule has 4 heterocycles. The predicted molar refractivity (Wildman–Crippen MR) is 94.4 cm³/mol. The van der Waals surface area contributed by atoms with Crippen LogP contribution in [0.4, 0.5) is 0 Å². The number of hydrogen-bond donors (Lipinski definition) is 1. The number of likely N-dealkylation sites (tertiary alicyclic amines) is 1. The Morgan fingerprint density at radius 2 is 2.36 bits per heavy atom. The summed E-state index contributed by atoms with van der Waals surface area (Å²) in [6, 6.07) is 1.73. The number of fused-ring (bicyclic) bond motifs is 1. The Morgan fingerprint density at radius 3 is 3.08 bits per heavy atom. The summed E-state index contributed by atoms with van der Waals surface area (Å²) in [5.74, 6) is 0.773. The molecule has 0 bridgehead atoms. The van der Waals surface area contributed by atoms with Crippen molar-refractivity contribution in [2.24, 2.45) is 18.9 Å². The average Bonchev–Trinajstić information content (AvgIpc) is 3.32. The van der Waals surface area contributed by atoms with Gasteiger partial charge in [-0.1, -0.05) is 0 Å². The van der Waals surface area contributed by atoms with Crippen LogP contribution in [0.25, 0.3) is 0 Å². The molecule has 4 rings (SSSR count). The second kappa shape index (κ2) is 6.86. The topological polar surface area (TPSA) is 72.3 Å². The summed E-state index contributed by atoms with van der Waals surface area (Å²) in [6.45, 7) is 6.26. The van der Waals surface area contributed by atoms with Crippen LogP contribution in [-0.2, 0) is 18.3 Å². The van der Waals surface area contributed by atoms with Crippen molar-refractivity contribution >= 4 is 17.2 Å². The Bertz CT molecular complexity index is 758. The maximum Gasteiger partial charge on any atom is 0.269 e. The van der Waals surface area contributed by atoms with Crippen LogP contribution in [0.15, 0.2) is 17.6 Å². The van der Waals surface area contributed by atoms with E-state index in [-0.39, 0.29) is 12.0 Å². The molecule has 0 spiro atoms. The van der Waals surface area contributed by atoms with Crippen molar-refractivity contribution in [1.82, 2.24) is 25.0 Å². The highest BCUT2D eigenvalue weighted by molar-refractivity contribution is 7.09. The summed E-state index contributed by atoms with van der Waals surface area (Å²) in [6.07, 6.45) is 1.92. The van der Waals surface area contributed by atoms with Crippen molar-refractivity contribution in [2.45, 2.75) is 19.6 Å². The third-order valence-corrected chi connectivity index (χ3v) is 6.07. The van der Waals surface area contributed by atoms with Crippen LogP contribution in [0.1, 0.15) is 21.2 Å². The molecule has 25 heavy (non-hydrogen) atoms. The Labute approximate surface area is 151 Å². The zero-order chi connectivity index (χ0) is 17.4. The molecule has 2 fully saturated rings. The van der Waals surface area contributed by atoms with E-state index in [4.69, 9.17) is 4.74 Å². The summed E-state index contributed by atoms with van der Waals surface area (Å²) in [4.78, 5) is 19.2. The van der Waals surface area contributed by atoms with Crippen LogP contribution in [0.2, 0.25) is 0 Å². The van der Waals surface area contributed by atoms with Gasteiger partial charge in [-0.25, -0.2) is 4.98 Å². The van der Waals surface area contributed by atoms with E-state index in [0.717, 1.165) is 31.9 Å². The molecule has 8 heteroatoms. The van der Waals surface area contributed by atoms with Gasteiger partial charge >= 0.3 is 0 Å². The molecule has 0 radical (unpaired) electrons. The monoisotopic (exact) mass is 361 g/mol. The van der Waals surface area contributed by atoms with Crippen molar-refractivity contribution < 1.29 is 9.53 Å². The lowest BCUT2D eigenvalue weighted by atomic mass is 9.93. The minimum absolute atomic E-state index is 0.0726. The van der Waals surface area contributed by atoms with Gasteiger partial charge in [-0.15, -0.1) is 11.3 Å². The number of aromatic nitrogens is 3. The molecule has 7 nitrogen and oxygen atoms in total. The van der Waals surface area contributed by atoms with Gasteiger partial charge in [0, 0.05) is 55.8 Å². The van der Waals surface area contributed by atoms with Gasteiger partial charge in [-0.3, -0.25) is 14.4 Å². The predicted octanol–water partition coefficient (Wildman–Crippen LogP) is 1.06. The van der Waals surface area contributed by atoms with Crippen LogP contribution in [-0.4, -0.2) is 57.9 Å². The molecule has 1 N–H and O–H groups in total. The van der Waals surface area contributed by atoms with E-state index in [0.29, 0.717) is 24.1 Å². The van der Waals surface area contributed by atoms with Crippen molar-refractivity contribution in [1.29, 1.82) is 0 Å². The maximum absolute atomic E-state index is 12.3. The molecule has 1 amide bonds. The zero-order valence-electron chi connectivity index (χ0n) is 14.5. The van der Waals surface area contributed by atoms with Crippen molar-refractivity contribution in [3.8, 4) is 0 Å². The van der Waals surface area contributed by atoms with E-state index in [1.807, 2.05) is 6.92 Å². The number of hydrogen-bond acceptors (Lipinski definition) is 6. The fourth-order valence-corrected chi connectivity index (χ4v) is 4.61. The van der Waals surface area contributed by atoms with Crippen LogP contribution in [0.3, 0.4) is 0 Å². The highest BCUT2D eigenvalue weighted by Gasteiger charge is 2.43. The molecule has 3 atom stereocenters. The first-order valence-corrected chi connectivity index (χ1v) is 9.49. The van der Waals surface area contributed by atoms with E-state index in [1.54, 1.807) is 35.3 Å². The fourth-order valence-electron chi connectivity index (χ4n) is 3.80. The van der Waals surface area contributed by atoms with Gasteiger partial charge in [0.05, 0.1) is 19.3 Å². The second-order valence-electron chi connectivity index (χ2n) is 6.92. The number of carbonyl (C=O) groups is 1. The standard InChI is InChI=1S/C17H23N5O2S/c1-11-10-25-16(20-11)8-22-6-13-12(9-24-15(13)7-22)5-18-17(23)14-3-4-19-21(14)2/h3-4,10,12-13,15H,5-9H2,1-2H3,(H,18,23)/t12-,13-,15-/m1/s1. The summed E-state index contributed by atoms with van der Waals surface area (Å²) >= 11 is 1.72. The van der Waals surface area contributed by atoms with Gasteiger partial charge in [0.25, 0.3) is 5.91 Å². The maximum atomic E-state index is 12.3. The number of nitrogens with zero attached hydrogens (tertiary/aromatic N) is 4. The normalized spacial score (nSPS) is 26.1. The summed E-state index contributed by atoms with van der Waals surface area (Å²) in [5.41, 5.74) is 1.68. The average molecular weight is 361 g/mol. The largest absolute Gasteiger partial charge is 0.376 e. The minimum atomic E-state index is -0.0726. The Hall–Kier alpha value is -1.77. The lowest BCUT2D eigenvalue weighted by Crippen LogP contribution is -2.35. The molecule has 2 aromatic rings. The van der Waals surface area contributed by atoms with Crippen molar-refractivity contribution in [2.75, 3.05) is 26.2 Å². The highest BCUT2D eigenvalue weighted by Crippen LogP contribution is 2.34. The van der Waals surface area contributed by atoms with Crippen molar-refractivity contribution in [3.63, 3.8) is 0 Å². The Balaban J connectivity index is 1.31. The summed E-state index contributed by atoms with van der Waals surface area (Å²) in [7, 11) is 1.78. The molecular formula is C17H23N5O2S. The molecule has 0 saturated carbocycles. The number of amides is 1. The van der Waals surface area contributed by atoms with Gasteiger partial charge in [-0.2, -0.15) is 5.10 Å². The van der Waals surface area contributed by atoms with Gasteiger partial charge in [0.2, 0.25) is 0 Å². The molecule has 2 aliphatic heterocycles. The van der Waals surface area contributed by atoms with Crippen LogP contribution >= 0.6 is 11.3 Å². The smallest absolute Gasteiger partial charge is 0.269 e. The summed E-state index contributed by atoms with van der Waals surface area (Å²) in [5, 5.41) is 10.3. The number of thiazole rings is 1.